The first-order valence-corrected chi connectivity index (χ1v) is 7.58. The van der Waals surface area contributed by atoms with Crippen LogP contribution in [0.5, 0.6) is 0 Å². The van der Waals surface area contributed by atoms with E-state index in [1.54, 1.807) is 19.1 Å². The molecule has 1 heterocycles. The highest BCUT2D eigenvalue weighted by Crippen LogP contribution is 2.30. The van der Waals surface area contributed by atoms with E-state index < -0.39 is 10.9 Å². The molecule has 0 aliphatic carbocycles. The highest BCUT2D eigenvalue weighted by Gasteiger charge is 2.23. The van der Waals surface area contributed by atoms with Crippen molar-refractivity contribution in [3.63, 3.8) is 0 Å². The van der Waals surface area contributed by atoms with E-state index in [1.165, 1.54) is 24.3 Å². The van der Waals surface area contributed by atoms with Gasteiger partial charge in [0.2, 0.25) is 11.7 Å². The van der Waals surface area contributed by atoms with E-state index in [0.29, 0.717) is 11.1 Å². The summed E-state index contributed by atoms with van der Waals surface area (Å²) in [5.41, 5.74) is 1.47. The Balaban J connectivity index is 2.08. The van der Waals surface area contributed by atoms with Gasteiger partial charge in [0, 0.05) is 23.3 Å². The van der Waals surface area contributed by atoms with Crippen LogP contribution in [0.4, 0.5) is 5.69 Å². The van der Waals surface area contributed by atoms with Crippen LogP contribution < -0.4 is 0 Å². The van der Waals surface area contributed by atoms with Crippen LogP contribution in [-0.2, 0) is 4.74 Å². The maximum atomic E-state index is 12.2. The summed E-state index contributed by atoms with van der Waals surface area (Å²) in [6.07, 6.45) is 0. The Kier molecular flexibility index (Phi) is 4.56. The Morgan fingerprint density at radius 1 is 1.12 bits per heavy atom. The van der Waals surface area contributed by atoms with Gasteiger partial charge in [-0.25, -0.2) is 9.78 Å². The summed E-state index contributed by atoms with van der Waals surface area (Å²) < 4.78 is 10.6. The third-order valence-corrected chi connectivity index (χ3v) is 3.46. The zero-order chi connectivity index (χ0) is 17.8. The van der Waals surface area contributed by atoms with Crippen LogP contribution >= 0.6 is 0 Å². The fourth-order valence-corrected chi connectivity index (χ4v) is 2.30. The van der Waals surface area contributed by atoms with E-state index in [2.05, 4.69) is 4.98 Å². The topological polar surface area (TPSA) is 95.5 Å². The van der Waals surface area contributed by atoms with Gasteiger partial charge < -0.3 is 9.15 Å². The van der Waals surface area contributed by atoms with Crippen LogP contribution in [-0.4, -0.2) is 22.5 Å². The average molecular weight is 338 g/mol. The molecule has 0 unspecified atom stereocenters. The number of esters is 1. The van der Waals surface area contributed by atoms with Gasteiger partial charge in [0.25, 0.3) is 5.69 Å². The number of carbonyl (C=O) groups excluding carboxylic acids is 1. The van der Waals surface area contributed by atoms with Crippen LogP contribution in [0.2, 0.25) is 0 Å². The molecule has 0 saturated heterocycles. The zero-order valence-electron chi connectivity index (χ0n) is 13.3. The van der Waals surface area contributed by atoms with Crippen molar-refractivity contribution in [2.45, 2.75) is 6.92 Å². The number of nitro benzene ring substituents is 1. The lowest BCUT2D eigenvalue weighted by molar-refractivity contribution is -0.384. The van der Waals surface area contributed by atoms with E-state index in [1.807, 2.05) is 18.2 Å². The van der Waals surface area contributed by atoms with E-state index in [9.17, 15) is 14.9 Å². The fraction of sp³-hybridized carbons (Fsp3) is 0.111. The van der Waals surface area contributed by atoms with Crippen molar-refractivity contribution >= 4 is 11.7 Å². The number of hydrogen-bond acceptors (Lipinski definition) is 6. The highest BCUT2D eigenvalue weighted by atomic mass is 16.6. The van der Waals surface area contributed by atoms with Gasteiger partial charge in [-0.2, -0.15) is 0 Å². The third kappa shape index (κ3) is 3.40. The van der Waals surface area contributed by atoms with Gasteiger partial charge in [-0.05, 0) is 31.2 Å². The van der Waals surface area contributed by atoms with Crippen LogP contribution in [0.3, 0.4) is 0 Å². The predicted octanol–water partition coefficient (Wildman–Crippen LogP) is 4.09. The molecule has 0 N–H and O–H groups in total. The lowest BCUT2D eigenvalue weighted by atomic mass is 10.1. The summed E-state index contributed by atoms with van der Waals surface area (Å²) in [4.78, 5) is 26.9. The van der Waals surface area contributed by atoms with Gasteiger partial charge in [-0.1, -0.05) is 18.2 Å². The summed E-state index contributed by atoms with van der Waals surface area (Å²) in [5.74, 6) is -0.392. The molecule has 3 aromatic rings. The maximum absolute atomic E-state index is 12.2. The molecule has 1 aromatic heterocycles. The van der Waals surface area contributed by atoms with E-state index >= 15 is 0 Å². The normalized spacial score (nSPS) is 10.4. The van der Waals surface area contributed by atoms with Crippen molar-refractivity contribution in [3.8, 4) is 22.7 Å². The van der Waals surface area contributed by atoms with Gasteiger partial charge in [-0.15, -0.1) is 0 Å². The molecule has 0 bridgehead atoms. The lowest BCUT2D eigenvalue weighted by Crippen LogP contribution is -2.04. The number of aromatic nitrogens is 1. The van der Waals surface area contributed by atoms with E-state index in [-0.39, 0.29) is 29.6 Å². The number of nitro groups is 1. The van der Waals surface area contributed by atoms with Gasteiger partial charge in [0.05, 0.1) is 11.5 Å². The molecule has 0 spiro atoms. The number of ether oxygens (including phenoxy) is 1. The van der Waals surface area contributed by atoms with Crippen molar-refractivity contribution in [1.29, 1.82) is 0 Å². The second kappa shape index (κ2) is 6.96. The van der Waals surface area contributed by atoms with Crippen LogP contribution in [0, 0.1) is 10.1 Å². The molecule has 7 nitrogen and oxygen atoms in total. The monoisotopic (exact) mass is 338 g/mol. The van der Waals surface area contributed by atoms with Gasteiger partial charge >= 0.3 is 5.97 Å². The molecule has 25 heavy (non-hydrogen) atoms. The standard InChI is InChI=1S/C18H14N2O5/c1-2-24-18(21)16-15(12-8-10-14(11-9-12)20(22)23)19-17(25-16)13-6-4-3-5-7-13/h3-11H,2H2,1H3. The first-order valence-electron chi connectivity index (χ1n) is 7.58. The Labute approximate surface area is 143 Å². The fourth-order valence-electron chi connectivity index (χ4n) is 2.30. The number of benzene rings is 2. The van der Waals surface area contributed by atoms with Gasteiger partial charge in [0.15, 0.2) is 0 Å². The number of nitrogens with zero attached hydrogens (tertiary/aromatic N) is 2. The SMILES string of the molecule is CCOC(=O)c1oc(-c2ccccc2)nc1-c1ccc([N+](=O)[O-])cc1. The highest BCUT2D eigenvalue weighted by molar-refractivity contribution is 5.94. The Hall–Kier alpha value is -3.48. The zero-order valence-corrected chi connectivity index (χ0v) is 13.3. The van der Waals surface area contributed by atoms with E-state index in [0.717, 1.165) is 0 Å². The minimum Gasteiger partial charge on any atom is -0.460 e. The van der Waals surface area contributed by atoms with Crippen molar-refractivity contribution in [3.05, 3.63) is 70.5 Å². The number of rotatable bonds is 5. The first kappa shape index (κ1) is 16.4. The van der Waals surface area contributed by atoms with Crippen LogP contribution in [0.15, 0.2) is 59.0 Å². The molecule has 126 valence electrons. The van der Waals surface area contributed by atoms with Gasteiger partial charge in [0.1, 0.15) is 5.69 Å². The molecular weight excluding hydrogens is 324 g/mol. The summed E-state index contributed by atoms with van der Waals surface area (Å²) >= 11 is 0. The molecule has 3 rings (SSSR count). The van der Waals surface area contributed by atoms with Crippen molar-refractivity contribution in [1.82, 2.24) is 4.98 Å². The first-order chi connectivity index (χ1) is 12.1. The average Bonchev–Trinajstić information content (AvgIpc) is 3.08. The maximum Gasteiger partial charge on any atom is 0.376 e. The number of carbonyl (C=O) groups is 1. The summed E-state index contributed by atoms with van der Waals surface area (Å²) in [6.45, 7) is 1.89. The van der Waals surface area contributed by atoms with Crippen molar-refractivity contribution in [2.75, 3.05) is 6.61 Å². The molecule has 0 atom stereocenters. The van der Waals surface area contributed by atoms with Gasteiger partial charge in [-0.3, -0.25) is 10.1 Å². The molecular formula is C18H14N2O5. The number of oxazole rings is 1. The number of non-ortho nitro benzene ring substituents is 1. The molecule has 0 fully saturated rings. The second-order valence-corrected chi connectivity index (χ2v) is 5.09. The molecule has 7 heteroatoms. The van der Waals surface area contributed by atoms with Crippen LogP contribution in [0.1, 0.15) is 17.5 Å². The minimum absolute atomic E-state index is 0.0328. The molecule has 0 amide bonds. The van der Waals surface area contributed by atoms with Crippen molar-refractivity contribution < 1.29 is 18.9 Å². The summed E-state index contributed by atoms with van der Waals surface area (Å²) in [7, 11) is 0. The van der Waals surface area contributed by atoms with Crippen LogP contribution in [0.25, 0.3) is 22.7 Å². The second-order valence-electron chi connectivity index (χ2n) is 5.09. The Morgan fingerprint density at radius 3 is 2.40 bits per heavy atom. The third-order valence-electron chi connectivity index (χ3n) is 3.46. The Bertz CT molecular complexity index is 901. The molecule has 0 aliphatic heterocycles. The largest absolute Gasteiger partial charge is 0.460 e. The lowest BCUT2D eigenvalue weighted by Gasteiger charge is -2.01. The predicted molar refractivity (Wildman–Crippen MR) is 90.0 cm³/mol. The Morgan fingerprint density at radius 2 is 1.80 bits per heavy atom. The van der Waals surface area contributed by atoms with E-state index in [4.69, 9.17) is 9.15 Å². The summed E-state index contributed by atoms with van der Waals surface area (Å²) in [5, 5.41) is 10.8. The molecule has 2 aromatic carbocycles. The smallest absolute Gasteiger partial charge is 0.376 e. The van der Waals surface area contributed by atoms with Crippen molar-refractivity contribution in [2.24, 2.45) is 0 Å². The quantitative estimate of drug-likeness (QED) is 0.395. The molecule has 0 aliphatic rings. The summed E-state index contributed by atoms with van der Waals surface area (Å²) in [6, 6.07) is 14.9. The number of hydrogen-bond donors (Lipinski definition) is 0. The molecule has 0 radical (unpaired) electrons. The molecule has 0 saturated carbocycles. The minimum atomic E-state index is -0.634.